The van der Waals surface area contributed by atoms with Crippen LogP contribution in [-0.4, -0.2) is 31.9 Å². The van der Waals surface area contributed by atoms with Crippen LogP contribution in [0.15, 0.2) is 29.6 Å². The van der Waals surface area contributed by atoms with Gasteiger partial charge in [-0.3, -0.25) is 0 Å². The third-order valence-electron chi connectivity index (χ3n) is 2.63. The molecule has 0 saturated heterocycles. The van der Waals surface area contributed by atoms with Crippen LogP contribution in [0.1, 0.15) is 5.01 Å². The van der Waals surface area contributed by atoms with Gasteiger partial charge < -0.3 is 15.2 Å². The Morgan fingerprint density at radius 2 is 2.16 bits per heavy atom. The van der Waals surface area contributed by atoms with Crippen molar-refractivity contribution in [1.82, 2.24) is 4.98 Å². The van der Waals surface area contributed by atoms with Crippen molar-refractivity contribution >= 4 is 17.0 Å². The van der Waals surface area contributed by atoms with Crippen LogP contribution < -0.4 is 5.73 Å². The van der Waals surface area contributed by atoms with Gasteiger partial charge in [-0.25, -0.2) is 4.98 Å². The van der Waals surface area contributed by atoms with E-state index in [0.717, 1.165) is 28.4 Å². The predicted molar refractivity (Wildman–Crippen MR) is 78.4 cm³/mol. The molecule has 0 unspecified atom stereocenters. The van der Waals surface area contributed by atoms with Gasteiger partial charge in [0.15, 0.2) is 0 Å². The van der Waals surface area contributed by atoms with E-state index in [1.807, 2.05) is 24.3 Å². The molecule has 0 aliphatic heterocycles. The van der Waals surface area contributed by atoms with Gasteiger partial charge in [0.25, 0.3) is 0 Å². The molecule has 1 aromatic heterocycles. The van der Waals surface area contributed by atoms with Gasteiger partial charge in [-0.2, -0.15) is 0 Å². The SMILES string of the molecule is COCCOCCc1nc(-c2cccc(N)c2)cs1. The fourth-order valence-electron chi connectivity index (χ4n) is 1.66. The van der Waals surface area contributed by atoms with E-state index in [1.54, 1.807) is 18.4 Å². The Labute approximate surface area is 117 Å². The molecule has 5 heteroatoms. The summed E-state index contributed by atoms with van der Waals surface area (Å²) in [6, 6.07) is 7.77. The van der Waals surface area contributed by atoms with Gasteiger partial charge in [-0.05, 0) is 12.1 Å². The zero-order valence-electron chi connectivity index (χ0n) is 11.0. The fraction of sp³-hybridized carbons (Fsp3) is 0.357. The summed E-state index contributed by atoms with van der Waals surface area (Å²) in [4.78, 5) is 4.59. The summed E-state index contributed by atoms with van der Waals surface area (Å²) >= 11 is 1.65. The molecule has 1 aromatic carbocycles. The number of anilines is 1. The quantitative estimate of drug-likeness (QED) is 0.625. The lowest BCUT2D eigenvalue weighted by atomic mass is 10.1. The Morgan fingerprint density at radius 1 is 1.26 bits per heavy atom. The van der Waals surface area contributed by atoms with Crippen LogP contribution in [0.4, 0.5) is 5.69 Å². The second-order valence-corrected chi connectivity index (χ2v) is 5.05. The minimum absolute atomic E-state index is 0.629. The van der Waals surface area contributed by atoms with Crippen molar-refractivity contribution in [2.45, 2.75) is 6.42 Å². The number of methoxy groups -OCH3 is 1. The van der Waals surface area contributed by atoms with E-state index in [2.05, 4.69) is 10.4 Å². The van der Waals surface area contributed by atoms with Gasteiger partial charge in [0.2, 0.25) is 0 Å². The van der Waals surface area contributed by atoms with E-state index >= 15 is 0 Å². The highest BCUT2D eigenvalue weighted by Crippen LogP contribution is 2.23. The molecule has 2 aromatic rings. The smallest absolute Gasteiger partial charge is 0.0955 e. The van der Waals surface area contributed by atoms with Gasteiger partial charge in [-0.1, -0.05) is 12.1 Å². The average molecular weight is 278 g/mol. The van der Waals surface area contributed by atoms with E-state index in [1.165, 1.54) is 0 Å². The van der Waals surface area contributed by atoms with Crippen LogP contribution >= 0.6 is 11.3 Å². The van der Waals surface area contributed by atoms with Crippen molar-refractivity contribution in [2.24, 2.45) is 0 Å². The Kier molecular flexibility index (Phi) is 5.32. The van der Waals surface area contributed by atoms with Crippen LogP contribution in [-0.2, 0) is 15.9 Å². The molecule has 0 fully saturated rings. The lowest BCUT2D eigenvalue weighted by molar-refractivity contribution is 0.0722. The number of benzene rings is 1. The maximum Gasteiger partial charge on any atom is 0.0955 e. The van der Waals surface area contributed by atoms with E-state index in [0.29, 0.717) is 19.8 Å². The van der Waals surface area contributed by atoms with Gasteiger partial charge >= 0.3 is 0 Å². The number of rotatable bonds is 7. The van der Waals surface area contributed by atoms with Crippen molar-refractivity contribution in [3.63, 3.8) is 0 Å². The molecule has 0 spiro atoms. The monoisotopic (exact) mass is 278 g/mol. The second kappa shape index (κ2) is 7.23. The highest BCUT2D eigenvalue weighted by atomic mass is 32.1. The number of aromatic nitrogens is 1. The van der Waals surface area contributed by atoms with Gasteiger partial charge in [0, 0.05) is 30.2 Å². The fourth-order valence-corrected chi connectivity index (χ4v) is 2.45. The molecule has 0 saturated carbocycles. The molecule has 0 atom stereocenters. The molecule has 4 nitrogen and oxygen atoms in total. The number of nitrogens with two attached hydrogens (primary N) is 1. The van der Waals surface area contributed by atoms with Crippen molar-refractivity contribution < 1.29 is 9.47 Å². The number of nitrogen functional groups attached to an aromatic ring is 1. The van der Waals surface area contributed by atoms with Crippen molar-refractivity contribution in [2.75, 3.05) is 32.7 Å². The van der Waals surface area contributed by atoms with Crippen LogP contribution in [0.5, 0.6) is 0 Å². The molecule has 1 heterocycles. The summed E-state index contributed by atoms with van der Waals surface area (Å²) in [5, 5.41) is 3.13. The topological polar surface area (TPSA) is 57.4 Å². The number of ether oxygens (including phenoxy) is 2. The summed E-state index contributed by atoms with van der Waals surface area (Å²) in [5.41, 5.74) is 8.57. The van der Waals surface area contributed by atoms with E-state index in [9.17, 15) is 0 Å². The van der Waals surface area contributed by atoms with Crippen molar-refractivity contribution in [3.05, 3.63) is 34.7 Å². The summed E-state index contributed by atoms with van der Waals surface area (Å²) in [6.45, 7) is 1.93. The molecule has 0 aliphatic carbocycles. The average Bonchev–Trinajstić information content (AvgIpc) is 2.87. The van der Waals surface area contributed by atoms with Gasteiger partial charge in [0.1, 0.15) is 0 Å². The van der Waals surface area contributed by atoms with E-state index in [-0.39, 0.29) is 0 Å². The lowest BCUT2D eigenvalue weighted by Crippen LogP contribution is -2.04. The Balaban J connectivity index is 1.88. The second-order valence-electron chi connectivity index (χ2n) is 4.11. The predicted octanol–water partition coefficient (Wildman–Crippen LogP) is 2.60. The molecule has 0 radical (unpaired) electrons. The van der Waals surface area contributed by atoms with Crippen LogP contribution in [0.3, 0.4) is 0 Å². The van der Waals surface area contributed by atoms with E-state index in [4.69, 9.17) is 15.2 Å². The highest BCUT2D eigenvalue weighted by Gasteiger charge is 2.04. The van der Waals surface area contributed by atoms with Crippen molar-refractivity contribution in [3.8, 4) is 11.3 Å². The highest BCUT2D eigenvalue weighted by molar-refractivity contribution is 7.09. The summed E-state index contributed by atoms with van der Waals surface area (Å²) in [5.74, 6) is 0. The minimum Gasteiger partial charge on any atom is -0.399 e. The number of hydrogen-bond donors (Lipinski definition) is 1. The van der Waals surface area contributed by atoms with Crippen LogP contribution in [0.25, 0.3) is 11.3 Å². The zero-order chi connectivity index (χ0) is 13.5. The van der Waals surface area contributed by atoms with Crippen LogP contribution in [0, 0.1) is 0 Å². The Hall–Kier alpha value is -1.43. The molecular formula is C14H18N2O2S. The van der Waals surface area contributed by atoms with Gasteiger partial charge in [-0.15, -0.1) is 11.3 Å². The number of thiazole rings is 1. The first-order valence-corrected chi connectivity index (χ1v) is 7.04. The first kappa shape index (κ1) is 14.0. The third-order valence-corrected chi connectivity index (χ3v) is 3.53. The molecule has 19 heavy (non-hydrogen) atoms. The van der Waals surface area contributed by atoms with Crippen molar-refractivity contribution in [1.29, 1.82) is 0 Å². The molecule has 0 amide bonds. The standard InChI is InChI=1S/C14H18N2O2S/c1-17-7-8-18-6-5-14-16-13(10-19-14)11-3-2-4-12(15)9-11/h2-4,9-10H,5-8,15H2,1H3. The molecule has 2 rings (SSSR count). The largest absolute Gasteiger partial charge is 0.399 e. The molecule has 102 valence electrons. The maximum atomic E-state index is 5.77. The summed E-state index contributed by atoms with van der Waals surface area (Å²) in [7, 11) is 1.67. The third kappa shape index (κ3) is 4.31. The van der Waals surface area contributed by atoms with Gasteiger partial charge in [0.05, 0.1) is 30.5 Å². The summed E-state index contributed by atoms with van der Waals surface area (Å²) in [6.07, 6.45) is 0.830. The summed E-state index contributed by atoms with van der Waals surface area (Å²) < 4.78 is 10.4. The Bertz CT molecular complexity index is 514. The molecule has 0 aliphatic rings. The maximum absolute atomic E-state index is 5.77. The zero-order valence-corrected chi connectivity index (χ0v) is 11.8. The Morgan fingerprint density at radius 3 is 2.95 bits per heavy atom. The van der Waals surface area contributed by atoms with Crippen LogP contribution in [0.2, 0.25) is 0 Å². The molecule has 2 N–H and O–H groups in total. The lowest BCUT2D eigenvalue weighted by Gasteiger charge is -2.01. The number of hydrogen-bond acceptors (Lipinski definition) is 5. The molecule has 0 bridgehead atoms. The normalized spacial score (nSPS) is 10.8. The van der Waals surface area contributed by atoms with E-state index < -0.39 is 0 Å². The number of nitrogens with zero attached hydrogens (tertiary/aromatic N) is 1. The first-order valence-electron chi connectivity index (χ1n) is 6.16. The first-order chi connectivity index (χ1) is 9.29. The minimum atomic E-state index is 0.629. The molecular weight excluding hydrogens is 260 g/mol.